The molecular formula is C16H24N2O2. The molecule has 0 aliphatic carbocycles. The van der Waals surface area contributed by atoms with E-state index in [-0.39, 0.29) is 17.7 Å². The second-order valence-corrected chi connectivity index (χ2v) is 5.36. The topological polar surface area (TPSA) is 58.2 Å². The Kier molecular flexibility index (Phi) is 6.22. The predicted molar refractivity (Wildman–Crippen MR) is 81.5 cm³/mol. The molecule has 0 aliphatic rings. The highest BCUT2D eigenvalue weighted by molar-refractivity contribution is 5.97. The quantitative estimate of drug-likeness (QED) is 0.839. The molecule has 0 saturated carbocycles. The summed E-state index contributed by atoms with van der Waals surface area (Å²) < 4.78 is 0. The van der Waals surface area contributed by atoms with Crippen LogP contribution in [0.25, 0.3) is 0 Å². The number of hydrogen-bond acceptors (Lipinski definition) is 2. The summed E-state index contributed by atoms with van der Waals surface area (Å²) in [7, 11) is 0. The zero-order valence-electron chi connectivity index (χ0n) is 12.7. The summed E-state index contributed by atoms with van der Waals surface area (Å²) in [6.45, 7) is 7.62. The molecule has 0 fully saturated rings. The van der Waals surface area contributed by atoms with Gasteiger partial charge in [0.05, 0.1) is 0 Å². The first-order chi connectivity index (χ1) is 9.43. The highest BCUT2D eigenvalue weighted by atomic mass is 16.2. The largest absolute Gasteiger partial charge is 0.344 e. The average Bonchev–Trinajstić information content (AvgIpc) is 2.40. The SMILES string of the molecule is CCCC(NC(=O)C(C)C)C(=O)Nc1ccc(C)cc1. The smallest absolute Gasteiger partial charge is 0.246 e. The first kappa shape index (κ1) is 16.2. The Balaban J connectivity index is 2.68. The van der Waals surface area contributed by atoms with Crippen molar-refractivity contribution < 1.29 is 9.59 Å². The maximum atomic E-state index is 12.2. The number of nitrogens with one attached hydrogen (secondary N) is 2. The van der Waals surface area contributed by atoms with Gasteiger partial charge in [0.1, 0.15) is 6.04 Å². The fourth-order valence-electron chi connectivity index (χ4n) is 1.76. The average molecular weight is 276 g/mol. The van der Waals surface area contributed by atoms with Crippen LogP contribution in [0.1, 0.15) is 39.2 Å². The van der Waals surface area contributed by atoms with E-state index in [1.54, 1.807) is 0 Å². The van der Waals surface area contributed by atoms with Gasteiger partial charge in [0.2, 0.25) is 11.8 Å². The van der Waals surface area contributed by atoms with Crippen molar-refractivity contribution in [1.82, 2.24) is 5.32 Å². The Morgan fingerprint density at radius 1 is 1.10 bits per heavy atom. The lowest BCUT2D eigenvalue weighted by atomic mass is 10.1. The second-order valence-electron chi connectivity index (χ2n) is 5.36. The van der Waals surface area contributed by atoms with Crippen LogP contribution >= 0.6 is 0 Å². The van der Waals surface area contributed by atoms with E-state index >= 15 is 0 Å². The molecule has 0 aromatic heterocycles. The Morgan fingerprint density at radius 3 is 2.20 bits per heavy atom. The third-order valence-corrected chi connectivity index (χ3v) is 3.05. The van der Waals surface area contributed by atoms with Crippen LogP contribution in [0.15, 0.2) is 24.3 Å². The minimum atomic E-state index is -0.476. The summed E-state index contributed by atoms with van der Waals surface area (Å²) >= 11 is 0. The monoisotopic (exact) mass is 276 g/mol. The number of aryl methyl sites for hydroxylation is 1. The molecule has 0 saturated heterocycles. The van der Waals surface area contributed by atoms with E-state index < -0.39 is 6.04 Å². The van der Waals surface area contributed by atoms with Gasteiger partial charge in [-0.2, -0.15) is 0 Å². The van der Waals surface area contributed by atoms with Crippen molar-refractivity contribution in [2.24, 2.45) is 5.92 Å². The molecule has 0 aliphatic heterocycles. The number of rotatable bonds is 6. The van der Waals surface area contributed by atoms with Crippen molar-refractivity contribution in [3.05, 3.63) is 29.8 Å². The normalized spacial score (nSPS) is 12.1. The minimum Gasteiger partial charge on any atom is -0.344 e. The molecule has 1 aromatic rings. The van der Waals surface area contributed by atoms with Gasteiger partial charge in [-0.05, 0) is 25.5 Å². The molecule has 4 nitrogen and oxygen atoms in total. The van der Waals surface area contributed by atoms with Crippen molar-refractivity contribution in [3.63, 3.8) is 0 Å². The molecule has 1 atom stereocenters. The summed E-state index contributed by atoms with van der Waals surface area (Å²) in [4.78, 5) is 24.0. The van der Waals surface area contributed by atoms with Crippen molar-refractivity contribution in [2.45, 2.75) is 46.6 Å². The van der Waals surface area contributed by atoms with Crippen LogP contribution in [0.3, 0.4) is 0 Å². The number of benzene rings is 1. The van der Waals surface area contributed by atoms with E-state index in [1.807, 2.05) is 52.0 Å². The maximum Gasteiger partial charge on any atom is 0.246 e. The van der Waals surface area contributed by atoms with Crippen LogP contribution in [0, 0.1) is 12.8 Å². The maximum absolute atomic E-state index is 12.2. The van der Waals surface area contributed by atoms with Gasteiger partial charge >= 0.3 is 0 Å². The van der Waals surface area contributed by atoms with Crippen LogP contribution in [0.4, 0.5) is 5.69 Å². The highest BCUT2D eigenvalue weighted by Crippen LogP contribution is 2.10. The highest BCUT2D eigenvalue weighted by Gasteiger charge is 2.21. The van der Waals surface area contributed by atoms with E-state index in [9.17, 15) is 9.59 Å². The molecule has 110 valence electrons. The lowest BCUT2D eigenvalue weighted by molar-refractivity contribution is -0.128. The zero-order valence-corrected chi connectivity index (χ0v) is 12.7. The Labute approximate surface area is 121 Å². The molecule has 4 heteroatoms. The Hall–Kier alpha value is -1.84. The van der Waals surface area contributed by atoms with Gasteiger partial charge in [0, 0.05) is 11.6 Å². The van der Waals surface area contributed by atoms with Crippen LogP contribution in [0.2, 0.25) is 0 Å². The van der Waals surface area contributed by atoms with E-state index in [0.29, 0.717) is 6.42 Å². The zero-order chi connectivity index (χ0) is 15.1. The summed E-state index contributed by atoms with van der Waals surface area (Å²) in [6, 6.07) is 7.13. The van der Waals surface area contributed by atoms with Crippen molar-refractivity contribution in [2.75, 3.05) is 5.32 Å². The minimum absolute atomic E-state index is 0.0949. The van der Waals surface area contributed by atoms with Crippen molar-refractivity contribution in [3.8, 4) is 0 Å². The fraction of sp³-hybridized carbons (Fsp3) is 0.500. The van der Waals surface area contributed by atoms with E-state index in [1.165, 1.54) is 0 Å². The van der Waals surface area contributed by atoms with E-state index in [4.69, 9.17) is 0 Å². The number of carbonyl (C=O) groups excluding carboxylic acids is 2. The third-order valence-electron chi connectivity index (χ3n) is 3.05. The summed E-state index contributed by atoms with van der Waals surface area (Å²) in [5, 5.41) is 5.64. The lowest BCUT2D eigenvalue weighted by Gasteiger charge is -2.19. The summed E-state index contributed by atoms with van der Waals surface area (Å²) in [6.07, 6.45) is 1.47. The molecule has 0 bridgehead atoms. The van der Waals surface area contributed by atoms with Gasteiger partial charge in [-0.25, -0.2) is 0 Å². The molecule has 0 heterocycles. The first-order valence-corrected chi connectivity index (χ1v) is 7.12. The fourth-order valence-corrected chi connectivity index (χ4v) is 1.76. The van der Waals surface area contributed by atoms with Crippen LogP contribution in [-0.2, 0) is 9.59 Å². The molecule has 0 radical (unpaired) electrons. The van der Waals surface area contributed by atoms with Crippen molar-refractivity contribution >= 4 is 17.5 Å². The molecule has 1 unspecified atom stereocenters. The van der Waals surface area contributed by atoms with Gasteiger partial charge in [-0.15, -0.1) is 0 Å². The predicted octanol–water partition coefficient (Wildman–Crippen LogP) is 2.87. The molecule has 1 rings (SSSR count). The molecular weight excluding hydrogens is 252 g/mol. The number of hydrogen-bond donors (Lipinski definition) is 2. The molecule has 1 aromatic carbocycles. The summed E-state index contributed by atoms with van der Waals surface area (Å²) in [5.41, 5.74) is 1.89. The lowest BCUT2D eigenvalue weighted by Crippen LogP contribution is -2.45. The third kappa shape index (κ3) is 5.03. The van der Waals surface area contributed by atoms with Crippen LogP contribution in [-0.4, -0.2) is 17.9 Å². The van der Waals surface area contributed by atoms with E-state index in [2.05, 4.69) is 10.6 Å². The Bertz CT molecular complexity index is 452. The second kappa shape index (κ2) is 7.68. The summed E-state index contributed by atoms with van der Waals surface area (Å²) in [5.74, 6) is -0.381. The van der Waals surface area contributed by atoms with E-state index in [0.717, 1.165) is 17.7 Å². The van der Waals surface area contributed by atoms with Crippen LogP contribution < -0.4 is 10.6 Å². The van der Waals surface area contributed by atoms with Gasteiger partial charge in [0.15, 0.2) is 0 Å². The number of carbonyl (C=O) groups is 2. The van der Waals surface area contributed by atoms with Crippen molar-refractivity contribution in [1.29, 1.82) is 0 Å². The first-order valence-electron chi connectivity index (χ1n) is 7.12. The van der Waals surface area contributed by atoms with Gasteiger partial charge < -0.3 is 10.6 Å². The standard InChI is InChI=1S/C16H24N2O2/c1-5-6-14(18-15(19)11(2)3)16(20)17-13-9-7-12(4)8-10-13/h7-11,14H,5-6H2,1-4H3,(H,17,20)(H,18,19). The van der Waals surface area contributed by atoms with Gasteiger partial charge in [-0.1, -0.05) is 44.9 Å². The number of anilines is 1. The Morgan fingerprint density at radius 2 is 1.70 bits per heavy atom. The van der Waals surface area contributed by atoms with Gasteiger partial charge in [0.25, 0.3) is 0 Å². The molecule has 0 spiro atoms. The molecule has 2 amide bonds. The van der Waals surface area contributed by atoms with Gasteiger partial charge in [-0.3, -0.25) is 9.59 Å². The number of amides is 2. The molecule has 20 heavy (non-hydrogen) atoms. The molecule has 2 N–H and O–H groups in total. The van der Waals surface area contributed by atoms with Crippen LogP contribution in [0.5, 0.6) is 0 Å².